The predicted molar refractivity (Wildman–Crippen MR) is 275 cm³/mol. The minimum Gasteiger partial charge on any atom is -0.0622 e. The van der Waals surface area contributed by atoms with Gasteiger partial charge in [-0.1, -0.05) is 237 Å². The maximum Gasteiger partial charge on any atom is -0.00137 e. The number of rotatable bonds is 6. The Balaban J connectivity index is 1.08. The van der Waals surface area contributed by atoms with E-state index in [4.69, 9.17) is 0 Å². The second kappa shape index (κ2) is 14.7. The van der Waals surface area contributed by atoms with Gasteiger partial charge in [0, 0.05) is 0 Å². The molecule has 13 rings (SSSR count). The Morgan fingerprint density at radius 1 is 0.156 bits per heavy atom. The maximum atomic E-state index is 2.40. The van der Waals surface area contributed by atoms with E-state index in [2.05, 4.69) is 243 Å². The average Bonchev–Trinajstić information content (AvgIpc) is 3.38. The highest BCUT2D eigenvalue weighted by molar-refractivity contribution is 6.41. The van der Waals surface area contributed by atoms with Crippen molar-refractivity contribution < 1.29 is 0 Å². The third kappa shape index (κ3) is 5.56. The molecule has 0 amide bonds. The van der Waals surface area contributed by atoms with Crippen LogP contribution in [0.3, 0.4) is 0 Å². The summed E-state index contributed by atoms with van der Waals surface area (Å²) < 4.78 is 0. The summed E-state index contributed by atoms with van der Waals surface area (Å²) in [4.78, 5) is 0. The first-order chi connectivity index (χ1) is 31.8. The fourth-order valence-electron chi connectivity index (χ4n) is 10.9. The summed E-state index contributed by atoms with van der Waals surface area (Å²) >= 11 is 0. The summed E-state index contributed by atoms with van der Waals surface area (Å²) in [5.74, 6) is 0. The molecule has 13 aromatic carbocycles. The van der Waals surface area contributed by atoms with Crippen molar-refractivity contribution in [3.63, 3.8) is 0 Å². The molecule has 0 aliphatic heterocycles. The molecule has 0 aliphatic carbocycles. The highest BCUT2D eigenvalue weighted by Crippen LogP contribution is 2.51. The molecule has 0 aliphatic rings. The lowest BCUT2D eigenvalue weighted by Crippen LogP contribution is -1.94. The standard InChI is InChI=1S/C64H40/c1-4-18-41(19-5-1)44-34-35-46(43-22-8-3-9-23-43)60(40-44)51-36-38-57(49-27-13-12-26-48(49)51)62-53-28-14-15-29-55(53)64-59-39-37-50(47-25-11-10-24-45(47)42-20-6-2-7-21-42)52-30-16-31-54(61(52)59)56-32-17-33-58(62)63(56)64/h1-40H. The van der Waals surface area contributed by atoms with Gasteiger partial charge in [0.25, 0.3) is 0 Å². The summed E-state index contributed by atoms with van der Waals surface area (Å²) in [6.45, 7) is 0. The predicted octanol–water partition coefficient (Wildman–Crippen LogP) is 18.0. The SMILES string of the molecule is c1ccc(-c2ccc(-c3ccccc3)c(-c3ccc(-c4c5ccccc5c5c6ccc(-c7ccccc7-c7ccccc7)c7cccc(c8cccc4c85)c76)c4ccccc34)c2)cc1. The van der Waals surface area contributed by atoms with Gasteiger partial charge in [0.05, 0.1) is 0 Å². The van der Waals surface area contributed by atoms with Gasteiger partial charge in [-0.05, 0) is 137 Å². The summed E-state index contributed by atoms with van der Waals surface area (Å²) in [6, 6.07) is 89.7. The van der Waals surface area contributed by atoms with E-state index in [1.807, 2.05) is 0 Å². The van der Waals surface area contributed by atoms with Crippen molar-refractivity contribution in [3.05, 3.63) is 243 Å². The first-order valence-electron chi connectivity index (χ1n) is 22.3. The molecule has 0 aromatic heterocycles. The van der Waals surface area contributed by atoms with Gasteiger partial charge in [0.2, 0.25) is 0 Å². The summed E-state index contributed by atoms with van der Waals surface area (Å²) in [6.07, 6.45) is 0. The molecular weight excluding hydrogens is 769 g/mol. The molecule has 0 saturated heterocycles. The molecule has 0 nitrogen and oxygen atoms in total. The van der Waals surface area contributed by atoms with Crippen molar-refractivity contribution in [3.8, 4) is 66.8 Å². The molecule has 0 atom stereocenters. The summed E-state index contributed by atoms with van der Waals surface area (Å²) in [5.41, 5.74) is 14.8. The highest BCUT2D eigenvalue weighted by Gasteiger charge is 2.23. The van der Waals surface area contributed by atoms with E-state index in [1.54, 1.807) is 0 Å². The van der Waals surface area contributed by atoms with Gasteiger partial charge in [0.15, 0.2) is 0 Å². The smallest absolute Gasteiger partial charge is 0.00137 e. The third-order valence-electron chi connectivity index (χ3n) is 13.6. The fraction of sp³-hybridized carbons (Fsp3) is 0. The summed E-state index contributed by atoms with van der Waals surface area (Å²) in [7, 11) is 0. The minimum atomic E-state index is 1.21. The molecule has 0 unspecified atom stereocenters. The Labute approximate surface area is 372 Å². The van der Waals surface area contributed by atoms with Gasteiger partial charge in [-0.25, -0.2) is 0 Å². The van der Waals surface area contributed by atoms with Gasteiger partial charge in [-0.15, -0.1) is 0 Å². The second-order valence-electron chi connectivity index (χ2n) is 17.0. The molecule has 64 heavy (non-hydrogen) atoms. The van der Waals surface area contributed by atoms with Crippen molar-refractivity contribution in [1.82, 2.24) is 0 Å². The molecule has 0 saturated carbocycles. The van der Waals surface area contributed by atoms with E-state index in [-0.39, 0.29) is 0 Å². The number of hydrogen-bond donors (Lipinski definition) is 0. The van der Waals surface area contributed by atoms with Gasteiger partial charge in [0.1, 0.15) is 0 Å². The maximum absolute atomic E-state index is 2.40. The van der Waals surface area contributed by atoms with E-state index in [1.165, 1.54) is 131 Å². The van der Waals surface area contributed by atoms with Gasteiger partial charge in [-0.2, -0.15) is 0 Å². The van der Waals surface area contributed by atoms with Gasteiger partial charge < -0.3 is 0 Å². The van der Waals surface area contributed by atoms with Crippen LogP contribution in [0.15, 0.2) is 243 Å². The molecule has 13 aromatic rings. The van der Waals surface area contributed by atoms with E-state index in [0.29, 0.717) is 0 Å². The second-order valence-corrected chi connectivity index (χ2v) is 17.0. The molecule has 0 N–H and O–H groups in total. The molecule has 296 valence electrons. The van der Waals surface area contributed by atoms with Crippen LogP contribution in [0.4, 0.5) is 0 Å². The lowest BCUT2D eigenvalue weighted by atomic mass is 9.80. The topological polar surface area (TPSA) is 0 Å². The lowest BCUT2D eigenvalue weighted by Gasteiger charge is -2.22. The molecular formula is C64H40. The molecule has 0 heterocycles. The van der Waals surface area contributed by atoms with Crippen LogP contribution in [0.5, 0.6) is 0 Å². The Hall–Kier alpha value is -8.32. The number of benzene rings is 13. The minimum absolute atomic E-state index is 1.21. The molecule has 0 heteroatoms. The van der Waals surface area contributed by atoms with Crippen LogP contribution < -0.4 is 0 Å². The Morgan fingerprint density at radius 3 is 1.28 bits per heavy atom. The van der Waals surface area contributed by atoms with Crippen molar-refractivity contribution in [2.24, 2.45) is 0 Å². The Bertz CT molecular complexity index is 3920. The van der Waals surface area contributed by atoms with Crippen molar-refractivity contribution in [1.29, 1.82) is 0 Å². The van der Waals surface area contributed by atoms with E-state index < -0.39 is 0 Å². The normalized spacial score (nSPS) is 11.8. The zero-order valence-electron chi connectivity index (χ0n) is 35.1. The van der Waals surface area contributed by atoms with E-state index in [9.17, 15) is 0 Å². The number of fused-ring (bicyclic) bond motifs is 5. The quantitative estimate of drug-likeness (QED) is 0.116. The zero-order valence-corrected chi connectivity index (χ0v) is 35.1. The van der Waals surface area contributed by atoms with Crippen LogP contribution in [0.25, 0.3) is 131 Å². The van der Waals surface area contributed by atoms with Crippen LogP contribution >= 0.6 is 0 Å². The van der Waals surface area contributed by atoms with Gasteiger partial charge >= 0.3 is 0 Å². The first kappa shape index (κ1) is 36.3. The molecule has 0 spiro atoms. The van der Waals surface area contributed by atoms with Crippen LogP contribution in [-0.4, -0.2) is 0 Å². The Kier molecular flexibility index (Phi) is 8.32. The molecule has 0 fully saturated rings. The zero-order chi connectivity index (χ0) is 42.1. The van der Waals surface area contributed by atoms with Crippen molar-refractivity contribution >= 4 is 64.6 Å². The molecule has 0 bridgehead atoms. The fourth-order valence-corrected chi connectivity index (χ4v) is 10.9. The average molecular weight is 809 g/mol. The Morgan fingerprint density at radius 2 is 0.578 bits per heavy atom. The van der Waals surface area contributed by atoms with E-state index >= 15 is 0 Å². The van der Waals surface area contributed by atoms with E-state index in [0.717, 1.165) is 0 Å². The van der Waals surface area contributed by atoms with Crippen molar-refractivity contribution in [2.45, 2.75) is 0 Å². The monoisotopic (exact) mass is 808 g/mol. The van der Waals surface area contributed by atoms with Crippen LogP contribution in [-0.2, 0) is 0 Å². The molecule has 0 radical (unpaired) electrons. The number of hydrogen-bond acceptors (Lipinski definition) is 0. The largest absolute Gasteiger partial charge is 0.0622 e. The first-order valence-corrected chi connectivity index (χ1v) is 22.3. The van der Waals surface area contributed by atoms with Crippen molar-refractivity contribution in [2.75, 3.05) is 0 Å². The highest BCUT2D eigenvalue weighted by atomic mass is 14.3. The van der Waals surface area contributed by atoms with Gasteiger partial charge in [-0.3, -0.25) is 0 Å². The lowest BCUT2D eigenvalue weighted by molar-refractivity contribution is 1.57. The third-order valence-corrected chi connectivity index (χ3v) is 13.6. The van der Waals surface area contributed by atoms with Crippen LogP contribution in [0.1, 0.15) is 0 Å². The summed E-state index contributed by atoms with van der Waals surface area (Å²) in [5, 5.41) is 15.4. The van der Waals surface area contributed by atoms with Crippen LogP contribution in [0.2, 0.25) is 0 Å². The van der Waals surface area contributed by atoms with Crippen LogP contribution in [0, 0.1) is 0 Å².